The summed E-state index contributed by atoms with van der Waals surface area (Å²) >= 11 is 0. The van der Waals surface area contributed by atoms with Crippen LogP contribution in [-0.4, -0.2) is 78.2 Å². The summed E-state index contributed by atoms with van der Waals surface area (Å²) in [5.41, 5.74) is -0.724. The predicted molar refractivity (Wildman–Crippen MR) is 143 cm³/mol. The Kier molecular flexibility index (Phi) is 13.9. The van der Waals surface area contributed by atoms with Crippen LogP contribution in [0.5, 0.6) is 0 Å². The van der Waals surface area contributed by atoms with Crippen LogP contribution >= 0.6 is 0 Å². The average molecular weight is 558 g/mol. The summed E-state index contributed by atoms with van der Waals surface area (Å²) in [4.78, 5) is 35.6. The van der Waals surface area contributed by atoms with Gasteiger partial charge in [0.1, 0.15) is 5.54 Å². The van der Waals surface area contributed by atoms with E-state index < -0.39 is 45.7 Å². The molecule has 0 unspecified atom stereocenters. The first-order valence-corrected chi connectivity index (χ1v) is 14.3. The molecule has 0 aliphatic rings. The summed E-state index contributed by atoms with van der Waals surface area (Å²) < 4.78 is 35.2. The molecular weight excluding hydrogens is 514 g/mol. The fourth-order valence-corrected chi connectivity index (χ4v) is 5.17. The number of nitrogens with one attached hydrogen (secondary N) is 2. The first-order valence-electron chi connectivity index (χ1n) is 12.9. The van der Waals surface area contributed by atoms with Gasteiger partial charge in [-0.3, -0.25) is 14.4 Å². The second-order valence-corrected chi connectivity index (χ2v) is 11.8. The predicted octanol–water partition coefficient (Wildman–Crippen LogP) is 1.85. The lowest BCUT2D eigenvalue weighted by atomic mass is 10.0. The highest BCUT2D eigenvalue weighted by Crippen LogP contribution is 2.15. The summed E-state index contributed by atoms with van der Waals surface area (Å²) in [6, 6.07) is 8.27. The SMILES string of the molecule is CCOC(=O)C(C)(C)NS(=O)(=O)N(CCC(C)C)C[C@@H](O)[C@H](Cc1ccccc1)NC(=O)CCCC(=O)O. The Hall–Kier alpha value is -2.54. The largest absolute Gasteiger partial charge is 0.481 e. The van der Waals surface area contributed by atoms with Crippen molar-refractivity contribution < 1.29 is 37.8 Å². The number of aliphatic carboxylic acids is 1. The lowest BCUT2D eigenvalue weighted by Gasteiger charge is -2.32. The molecule has 38 heavy (non-hydrogen) atoms. The van der Waals surface area contributed by atoms with Crippen molar-refractivity contribution in [3.63, 3.8) is 0 Å². The van der Waals surface area contributed by atoms with Gasteiger partial charge in [0.15, 0.2) is 0 Å². The Bertz CT molecular complexity index is 999. The second-order valence-electron chi connectivity index (χ2n) is 10.2. The van der Waals surface area contributed by atoms with Crippen molar-refractivity contribution in [2.75, 3.05) is 19.7 Å². The van der Waals surface area contributed by atoms with Gasteiger partial charge in [-0.2, -0.15) is 17.4 Å². The Morgan fingerprint density at radius 2 is 1.74 bits per heavy atom. The molecule has 12 heteroatoms. The summed E-state index contributed by atoms with van der Waals surface area (Å²) in [7, 11) is -4.25. The Morgan fingerprint density at radius 3 is 2.29 bits per heavy atom. The minimum Gasteiger partial charge on any atom is -0.481 e. The molecule has 2 atom stereocenters. The maximum Gasteiger partial charge on any atom is 0.326 e. The summed E-state index contributed by atoms with van der Waals surface area (Å²) in [6.45, 7) is 8.12. The van der Waals surface area contributed by atoms with E-state index in [9.17, 15) is 27.9 Å². The molecule has 0 radical (unpaired) electrons. The van der Waals surface area contributed by atoms with Crippen molar-refractivity contribution in [3.05, 3.63) is 35.9 Å². The number of ether oxygens (including phenoxy) is 1. The number of hydrogen-bond acceptors (Lipinski definition) is 7. The van der Waals surface area contributed by atoms with Gasteiger partial charge in [-0.1, -0.05) is 44.2 Å². The number of amides is 1. The topological polar surface area (TPSA) is 162 Å². The molecule has 0 saturated heterocycles. The van der Waals surface area contributed by atoms with Gasteiger partial charge in [-0.25, -0.2) is 0 Å². The number of carbonyl (C=O) groups excluding carboxylic acids is 2. The Balaban J connectivity index is 3.16. The van der Waals surface area contributed by atoms with Crippen molar-refractivity contribution in [1.29, 1.82) is 0 Å². The van der Waals surface area contributed by atoms with E-state index in [4.69, 9.17) is 9.84 Å². The average Bonchev–Trinajstić information content (AvgIpc) is 2.80. The van der Waals surface area contributed by atoms with E-state index in [0.717, 1.165) is 9.87 Å². The van der Waals surface area contributed by atoms with Crippen molar-refractivity contribution in [3.8, 4) is 0 Å². The van der Waals surface area contributed by atoms with Crippen LogP contribution in [0.1, 0.15) is 65.9 Å². The van der Waals surface area contributed by atoms with Gasteiger partial charge in [-0.15, -0.1) is 0 Å². The zero-order valence-corrected chi connectivity index (χ0v) is 23.8. The lowest BCUT2D eigenvalue weighted by Crippen LogP contribution is -2.57. The van der Waals surface area contributed by atoms with E-state index in [0.29, 0.717) is 6.42 Å². The molecule has 216 valence electrons. The van der Waals surface area contributed by atoms with Crippen LogP contribution < -0.4 is 10.0 Å². The van der Waals surface area contributed by atoms with Gasteiger partial charge >= 0.3 is 11.9 Å². The fourth-order valence-electron chi connectivity index (χ4n) is 3.62. The molecular formula is C26H43N3O8S. The van der Waals surface area contributed by atoms with Gasteiger partial charge in [0, 0.05) is 25.9 Å². The second kappa shape index (κ2) is 15.8. The molecule has 0 aliphatic heterocycles. The Morgan fingerprint density at radius 1 is 1.11 bits per heavy atom. The normalized spacial score (nSPS) is 13.8. The lowest BCUT2D eigenvalue weighted by molar-refractivity contribution is -0.149. The molecule has 0 aliphatic carbocycles. The summed E-state index contributed by atoms with van der Waals surface area (Å²) in [5.74, 6) is -2.02. The quantitative estimate of drug-likeness (QED) is 0.199. The van der Waals surface area contributed by atoms with Gasteiger partial charge in [-0.05, 0) is 51.5 Å². The van der Waals surface area contributed by atoms with Crippen LogP contribution in [0.4, 0.5) is 0 Å². The number of benzene rings is 1. The molecule has 1 aromatic carbocycles. The Labute approximate surface area is 226 Å². The molecule has 0 fully saturated rings. The monoisotopic (exact) mass is 557 g/mol. The van der Waals surface area contributed by atoms with Crippen LogP contribution in [0, 0.1) is 5.92 Å². The number of rotatable bonds is 18. The van der Waals surface area contributed by atoms with Crippen LogP contribution in [0.25, 0.3) is 0 Å². The molecule has 0 aromatic heterocycles. The zero-order valence-electron chi connectivity index (χ0n) is 23.0. The highest BCUT2D eigenvalue weighted by atomic mass is 32.2. The maximum atomic E-state index is 13.4. The standard InChI is InChI=1S/C26H43N3O8S/c1-6-37-25(34)26(4,5)28-38(35,36)29(16-15-19(2)3)18-22(30)21(17-20-11-8-7-9-12-20)27-23(31)13-10-14-24(32)33/h7-9,11-12,19,21-22,28,30H,6,10,13-18H2,1-5H3,(H,27,31)(H,32,33)/t21-,22+/m0/s1. The number of aliphatic hydroxyl groups is 1. The van der Waals surface area contributed by atoms with Crippen molar-refractivity contribution in [1.82, 2.24) is 14.3 Å². The number of aliphatic hydroxyl groups excluding tert-OH is 1. The molecule has 1 rings (SSSR count). The van der Waals surface area contributed by atoms with Crippen LogP contribution in [0.2, 0.25) is 0 Å². The third-order valence-corrected chi connectivity index (χ3v) is 7.54. The fraction of sp³-hybridized carbons (Fsp3) is 0.654. The highest BCUT2D eigenvalue weighted by Gasteiger charge is 2.38. The van der Waals surface area contributed by atoms with E-state index in [2.05, 4.69) is 10.0 Å². The molecule has 0 spiro atoms. The molecule has 0 saturated carbocycles. The minimum absolute atomic E-state index is 0.0467. The molecule has 0 heterocycles. The van der Waals surface area contributed by atoms with Crippen LogP contribution in [0.15, 0.2) is 30.3 Å². The van der Waals surface area contributed by atoms with Gasteiger partial charge < -0.3 is 20.3 Å². The van der Waals surface area contributed by atoms with Gasteiger partial charge in [0.2, 0.25) is 5.91 Å². The maximum absolute atomic E-state index is 13.4. The number of esters is 1. The first kappa shape index (κ1) is 33.5. The molecule has 0 bridgehead atoms. The van der Waals surface area contributed by atoms with Crippen LogP contribution in [0.3, 0.4) is 0 Å². The van der Waals surface area contributed by atoms with E-state index in [-0.39, 0.29) is 51.3 Å². The summed E-state index contributed by atoms with van der Waals surface area (Å²) in [5, 5.41) is 22.8. The zero-order chi connectivity index (χ0) is 28.9. The minimum atomic E-state index is -4.25. The van der Waals surface area contributed by atoms with Gasteiger partial charge in [0.25, 0.3) is 10.2 Å². The van der Waals surface area contributed by atoms with Crippen LogP contribution in [-0.2, 0) is 35.8 Å². The highest BCUT2D eigenvalue weighted by molar-refractivity contribution is 7.87. The van der Waals surface area contributed by atoms with Gasteiger partial charge in [0.05, 0.1) is 18.8 Å². The number of hydrogen-bond donors (Lipinski definition) is 4. The molecule has 11 nitrogen and oxygen atoms in total. The first-order chi connectivity index (χ1) is 17.7. The molecule has 1 aromatic rings. The van der Waals surface area contributed by atoms with Crippen molar-refractivity contribution >= 4 is 28.1 Å². The summed E-state index contributed by atoms with van der Waals surface area (Å²) in [6.07, 6.45) is -0.646. The van der Waals surface area contributed by atoms with E-state index in [1.807, 2.05) is 44.2 Å². The van der Waals surface area contributed by atoms with Crippen molar-refractivity contribution in [2.45, 2.75) is 84.4 Å². The number of carboxylic acids is 1. The number of carbonyl (C=O) groups is 3. The van der Waals surface area contributed by atoms with Crippen molar-refractivity contribution in [2.24, 2.45) is 5.92 Å². The number of nitrogens with zero attached hydrogens (tertiary/aromatic N) is 1. The van der Waals surface area contributed by atoms with E-state index in [1.54, 1.807) is 6.92 Å². The van der Waals surface area contributed by atoms with E-state index in [1.165, 1.54) is 13.8 Å². The third-order valence-electron chi connectivity index (χ3n) is 5.76. The third kappa shape index (κ3) is 12.3. The molecule has 1 amide bonds. The molecule has 4 N–H and O–H groups in total. The smallest absolute Gasteiger partial charge is 0.326 e. The van der Waals surface area contributed by atoms with E-state index >= 15 is 0 Å². The number of carboxylic acid groups (broad SMARTS) is 1.